The van der Waals surface area contributed by atoms with Crippen molar-refractivity contribution in [1.82, 2.24) is 4.90 Å². The molecule has 0 bridgehead atoms. The van der Waals surface area contributed by atoms with E-state index in [0.717, 1.165) is 16.7 Å². The standard InChI is InChI=1S/C19H15ClN2O6S/c1-27-15-7-12(14(20)9-16(15)28-2)8-17-18(23)21(19(24)29-17)10-11-4-3-5-13(6-11)22(25)26/h3-9H,10H2,1-2H3. The van der Waals surface area contributed by atoms with Crippen molar-refractivity contribution in [3.63, 3.8) is 0 Å². The minimum absolute atomic E-state index is 0.0661. The lowest BCUT2D eigenvalue weighted by Gasteiger charge is -2.12. The molecular weight excluding hydrogens is 420 g/mol. The molecule has 1 saturated heterocycles. The Balaban J connectivity index is 1.87. The number of imide groups is 1. The number of nitrogens with zero attached hydrogens (tertiary/aromatic N) is 2. The highest BCUT2D eigenvalue weighted by Gasteiger charge is 2.35. The van der Waals surface area contributed by atoms with Gasteiger partial charge in [0.15, 0.2) is 11.5 Å². The highest BCUT2D eigenvalue weighted by atomic mass is 35.5. The summed E-state index contributed by atoms with van der Waals surface area (Å²) in [5.41, 5.74) is 0.860. The molecular formula is C19H15ClN2O6S. The number of carbonyl (C=O) groups excluding carboxylic acids is 2. The Morgan fingerprint density at radius 2 is 1.86 bits per heavy atom. The molecule has 10 heteroatoms. The van der Waals surface area contributed by atoms with E-state index in [1.54, 1.807) is 18.2 Å². The van der Waals surface area contributed by atoms with Crippen LogP contribution < -0.4 is 9.47 Å². The Morgan fingerprint density at radius 3 is 2.52 bits per heavy atom. The van der Waals surface area contributed by atoms with Crippen LogP contribution in [-0.2, 0) is 11.3 Å². The van der Waals surface area contributed by atoms with Crippen molar-refractivity contribution in [1.29, 1.82) is 0 Å². The fourth-order valence-electron chi connectivity index (χ4n) is 2.71. The molecule has 1 aliphatic rings. The summed E-state index contributed by atoms with van der Waals surface area (Å²) in [7, 11) is 2.95. The van der Waals surface area contributed by atoms with Gasteiger partial charge in [0.1, 0.15) is 0 Å². The smallest absolute Gasteiger partial charge is 0.293 e. The summed E-state index contributed by atoms with van der Waals surface area (Å²) in [6.45, 7) is -0.0661. The Labute approximate surface area is 175 Å². The number of amides is 2. The summed E-state index contributed by atoms with van der Waals surface area (Å²) in [6.07, 6.45) is 1.50. The number of halogens is 1. The maximum Gasteiger partial charge on any atom is 0.293 e. The first-order chi connectivity index (χ1) is 13.8. The van der Waals surface area contributed by atoms with Crippen molar-refractivity contribution in [3.8, 4) is 11.5 Å². The summed E-state index contributed by atoms with van der Waals surface area (Å²) in [6, 6.07) is 8.96. The van der Waals surface area contributed by atoms with Crippen LogP contribution in [0.3, 0.4) is 0 Å². The molecule has 2 aromatic carbocycles. The van der Waals surface area contributed by atoms with E-state index in [1.807, 2.05) is 0 Å². The van der Waals surface area contributed by atoms with E-state index in [2.05, 4.69) is 0 Å². The van der Waals surface area contributed by atoms with Crippen molar-refractivity contribution < 1.29 is 24.0 Å². The van der Waals surface area contributed by atoms with Crippen LogP contribution in [0.4, 0.5) is 10.5 Å². The SMILES string of the molecule is COc1cc(Cl)c(C=C2SC(=O)N(Cc3cccc([N+](=O)[O-])c3)C2=O)cc1OC. The van der Waals surface area contributed by atoms with Crippen LogP contribution >= 0.6 is 23.4 Å². The molecule has 150 valence electrons. The maximum atomic E-state index is 12.7. The first-order valence-corrected chi connectivity index (χ1v) is 9.43. The number of thioether (sulfide) groups is 1. The first-order valence-electron chi connectivity index (χ1n) is 8.24. The van der Waals surface area contributed by atoms with Crippen LogP contribution in [0, 0.1) is 10.1 Å². The van der Waals surface area contributed by atoms with Crippen molar-refractivity contribution in [2.45, 2.75) is 6.54 Å². The van der Waals surface area contributed by atoms with E-state index in [9.17, 15) is 19.7 Å². The zero-order chi connectivity index (χ0) is 21.1. The molecule has 1 fully saturated rings. The summed E-state index contributed by atoms with van der Waals surface area (Å²) >= 11 is 7.02. The maximum absolute atomic E-state index is 12.7. The summed E-state index contributed by atoms with van der Waals surface area (Å²) in [5, 5.41) is 10.8. The average Bonchev–Trinajstić information content (AvgIpc) is 2.96. The molecule has 0 N–H and O–H groups in total. The number of rotatable bonds is 6. The van der Waals surface area contributed by atoms with Crippen molar-refractivity contribution in [3.05, 3.63) is 67.6 Å². The minimum Gasteiger partial charge on any atom is -0.493 e. The molecule has 3 rings (SSSR count). The molecule has 0 unspecified atom stereocenters. The van der Waals surface area contributed by atoms with E-state index in [0.29, 0.717) is 27.6 Å². The number of hydrogen-bond acceptors (Lipinski definition) is 7. The summed E-state index contributed by atoms with van der Waals surface area (Å²) < 4.78 is 10.4. The Kier molecular flexibility index (Phi) is 6.09. The molecule has 8 nitrogen and oxygen atoms in total. The summed E-state index contributed by atoms with van der Waals surface area (Å²) in [4.78, 5) is 36.7. The highest BCUT2D eigenvalue weighted by molar-refractivity contribution is 8.18. The van der Waals surface area contributed by atoms with Gasteiger partial charge in [-0.25, -0.2) is 0 Å². The second-order valence-electron chi connectivity index (χ2n) is 5.92. The van der Waals surface area contributed by atoms with Gasteiger partial charge in [-0.05, 0) is 35.0 Å². The third-order valence-corrected chi connectivity index (χ3v) is 5.36. The van der Waals surface area contributed by atoms with E-state index in [-0.39, 0.29) is 17.1 Å². The molecule has 1 aliphatic heterocycles. The number of methoxy groups -OCH3 is 2. The molecule has 29 heavy (non-hydrogen) atoms. The largest absolute Gasteiger partial charge is 0.493 e. The molecule has 2 amide bonds. The number of nitro benzene ring substituents is 1. The number of non-ortho nitro benzene ring substituents is 1. The molecule has 1 heterocycles. The monoisotopic (exact) mass is 434 g/mol. The van der Waals surface area contributed by atoms with Gasteiger partial charge in [-0.3, -0.25) is 24.6 Å². The van der Waals surface area contributed by atoms with Gasteiger partial charge in [0.25, 0.3) is 16.8 Å². The van der Waals surface area contributed by atoms with E-state index in [4.69, 9.17) is 21.1 Å². The first kappa shape index (κ1) is 20.7. The van der Waals surface area contributed by atoms with Crippen LogP contribution in [-0.4, -0.2) is 35.2 Å². The quantitative estimate of drug-likeness (QED) is 0.375. The van der Waals surface area contributed by atoms with Gasteiger partial charge in [-0.15, -0.1) is 0 Å². The van der Waals surface area contributed by atoms with E-state index < -0.39 is 16.1 Å². The van der Waals surface area contributed by atoms with Crippen molar-refractivity contribution in [2.75, 3.05) is 14.2 Å². The lowest BCUT2D eigenvalue weighted by atomic mass is 10.1. The highest BCUT2D eigenvalue weighted by Crippen LogP contribution is 2.38. The minimum atomic E-state index is -0.531. The third kappa shape index (κ3) is 4.36. The predicted molar refractivity (Wildman–Crippen MR) is 109 cm³/mol. The van der Waals surface area contributed by atoms with Crippen LogP contribution in [0.5, 0.6) is 11.5 Å². The molecule has 0 radical (unpaired) electrons. The van der Waals surface area contributed by atoms with E-state index in [1.165, 1.54) is 38.5 Å². The second kappa shape index (κ2) is 8.54. The predicted octanol–water partition coefficient (Wildman–Crippen LogP) is 4.50. The van der Waals surface area contributed by atoms with Gasteiger partial charge in [0.2, 0.25) is 0 Å². The molecule has 0 aliphatic carbocycles. The molecule has 2 aromatic rings. The van der Waals surface area contributed by atoms with E-state index >= 15 is 0 Å². The second-order valence-corrected chi connectivity index (χ2v) is 7.32. The lowest BCUT2D eigenvalue weighted by molar-refractivity contribution is -0.384. The Hall–Kier alpha value is -3.04. The average molecular weight is 435 g/mol. The number of ether oxygens (including phenoxy) is 2. The van der Waals surface area contributed by atoms with Crippen LogP contribution in [0.2, 0.25) is 5.02 Å². The van der Waals surface area contributed by atoms with Gasteiger partial charge in [-0.2, -0.15) is 0 Å². The zero-order valence-corrected chi connectivity index (χ0v) is 17.0. The molecule has 0 spiro atoms. The molecule has 0 atom stereocenters. The van der Waals surface area contributed by atoms with Gasteiger partial charge in [0, 0.05) is 18.2 Å². The topological polar surface area (TPSA) is 99.0 Å². The summed E-state index contributed by atoms with van der Waals surface area (Å²) in [5.74, 6) is 0.366. The van der Waals surface area contributed by atoms with Crippen molar-refractivity contribution in [2.24, 2.45) is 0 Å². The number of hydrogen-bond donors (Lipinski definition) is 0. The lowest BCUT2D eigenvalue weighted by Crippen LogP contribution is -2.27. The van der Waals surface area contributed by atoms with Gasteiger partial charge in [0.05, 0.1) is 35.6 Å². The van der Waals surface area contributed by atoms with Gasteiger partial charge >= 0.3 is 0 Å². The number of nitro groups is 1. The van der Waals surface area contributed by atoms with Crippen LogP contribution in [0.1, 0.15) is 11.1 Å². The normalized spacial score (nSPS) is 15.1. The third-order valence-electron chi connectivity index (χ3n) is 4.13. The zero-order valence-electron chi connectivity index (χ0n) is 15.4. The fraction of sp³-hybridized carbons (Fsp3) is 0.158. The van der Waals surface area contributed by atoms with Crippen LogP contribution in [0.25, 0.3) is 6.08 Å². The number of carbonyl (C=O) groups is 2. The fourth-order valence-corrected chi connectivity index (χ4v) is 3.75. The van der Waals surface area contributed by atoms with Crippen LogP contribution in [0.15, 0.2) is 41.3 Å². The van der Waals surface area contributed by atoms with Crippen molar-refractivity contribution >= 4 is 46.3 Å². The Bertz CT molecular complexity index is 1040. The van der Waals surface area contributed by atoms with Gasteiger partial charge in [-0.1, -0.05) is 23.7 Å². The van der Waals surface area contributed by atoms with Gasteiger partial charge < -0.3 is 9.47 Å². The number of benzene rings is 2. The molecule has 0 aromatic heterocycles. The molecule has 0 saturated carbocycles. The Morgan fingerprint density at radius 1 is 1.17 bits per heavy atom.